The van der Waals surface area contributed by atoms with E-state index in [0.29, 0.717) is 0 Å². The minimum atomic E-state index is 0.860. The van der Waals surface area contributed by atoms with Gasteiger partial charge >= 0.3 is 0 Å². The van der Waals surface area contributed by atoms with Crippen molar-refractivity contribution >= 4 is 0 Å². The van der Waals surface area contributed by atoms with Crippen LogP contribution >= 0.6 is 0 Å². The largest absolute Gasteiger partial charge is 0.0885 e. The Morgan fingerprint density at radius 1 is 1.47 bits per heavy atom. The van der Waals surface area contributed by atoms with Crippen LogP contribution in [0.3, 0.4) is 0 Å². The highest BCUT2D eigenvalue weighted by atomic mass is 14.4. The molecule has 84 valence electrons. The molecule has 0 bridgehead atoms. The molecule has 15 heavy (non-hydrogen) atoms. The van der Waals surface area contributed by atoms with Crippen LogP contribution in [0, 0.1) is 23.7 Å². The van der Waals surface area contributed by atoms with Crippen molar-refractivity contribution in [2.75, 3.05) is 0 Å². The van der Waals surface area contributed by atoms with Crippen LogP contribution in [0.2, 0.25) is 0 Å². The highest BCUT2D eigenvalue weighted by Crippen LogP contribution is 2.48. The zero-order valence-corrected chi connectivity index (χ0v) is 10.4. The molecular formula is C15H24. The lowest BCUT2D eigenvalue weighted by Gasteiger charge is -2.27. The summed E-state index contributed by atoms with van der Waals surface area (Å²) in [5, 5.41) is 0. The first-order chi connectivity index (χ1) is 7.22. The van der Waals surface area contributed by atoms with Crippen molar-refractivity contribution < 1.29 is 0 Å². The van der Waals surface area contributed by atoms with Crippen LogP contribution < -0.4 is 0 Å². The molecule has 2 rings (SSSR count). The Hall–Kier alpha value is -0.520. The topological polar surface area (TPSA) is 0 Å². The quantitative estimate of drug-likeness (QED) is 0.577. The van der Waals surface area contributed by atoms with E-state index in [1.165, 1.54) is 25.7 Å². The summed E-state index contributed by atoms with van der Waals surface area (Å²) in [6.45, 7) is 7.00. The summed E-state index contributed by atoms with van der Waals surface area (Å²) in [5.74, 6) is 3.72. The van der Waals surface area contributed by atoms with Gasteiger partial charge in [0, 0.05) is 0 Å². The third-order valence-electron chi connectivity index (χ3n) is 4.48. The van der Waals surface area contributed by atoms with Crippen LogP contribution in [0.25, 0.3) is 0 Å². The second kappa shape index (κ2) is 4.55. The van der Waals surface area contributed by atoms with Crippen LogP contribution in [0.15, 0.2) is 23.8 Å². The van der Waals surface area contributed by atoms with E-state index in [1.807, 2.05) is 0 Å². The predicted molar refractivity (Wildman–Crippen MR) is 66.7 cm³/mol. The van der Waals surface area contributed by atoms with E-state index in [-0.39, 0.29) is 0 Å². The average Bonchev–Trinajstić information content (AvgIpc) is 2.53. The third-order valence-corrected chi connectivity index (χ3v) is 4.48. The summed E-state index contributed by atoms with van der Waals surface area (Å²) in [5.41, 5.74) is 1.63. The molecule has 0 aromatic rings. The van der Waals surface area contributed by atoms with Gasteiger partial charge in [-0.1, -0.05) is 37.6 Å². The maximum Gasteiger partial charge on any atom is -0.0202 e. The van der Waals surface area contributed by atoms with E-state index in [4.69, 9.17) is 0 Å². The van der Waals surface area contributed by atoms with Gasteiger partial charge in [0.2, 0.25) is 0 Å². The Morgan fingerprint density at radius 2 is 2.27 bits per heavy atom. The lowest BCUT2D eigenvalue weighted by atomic mass is 9.79. The Bertz CT molecular complexity index is 272. The zero-order valence-electron chi connectivity index (χ0n) is 10.4. The molecule has 2 aliphatic rings. The normalized spacial score (nSPS) is 40.6. The van der Waals surface area contributed by atoms with Crippen molar-refractivity contribution in [2.24, 2.45) is 23.7 Å². The van der Waals surface area contributed by atoms with Gasteiger partial charge in [0.25, 0.3) is 0 Å². The Labute approximate surface area is 94.5 Å². The first-order valence-corrected chi connectivity index (χ1v) is 6.54. The second-order valence-corrected chi connectivity index (χ2v) is 5.51. The zero-order chi connectivity index (χ0) is 10.8. The molecule has 0 saturated heterocycles. The predicted octanol–water partition coefficient (Wildman–Crippen LogP) is 4.58. The molecule has 4 unspecified atom stereocenters. The van der Waals surface area contributed by atoms with Crippen molar-refractivity contribution in [3.8, 4) is 0 Å². The first-order valence-electron chi connectivity index (χ1n) is 6.54. The molecule has 1 fully saturated rings. The molecule has 0 spiro atoms. The van der Waals surface area contributed by atoms with Crippen LogP contribution in [0.4, 0.5) is 0 Å². The summed E-state index contributed by atoms with van der Waals surface area (Å²) in [7, 11) is 0. The van der Waals surface area contributed by atoms with Gasteiger partial charge in [-0.15, -0.1) is 0 Å². The summed E-state index contributed by atoms with van der Waals surface area (Å²) < 4.78 is 0. The highest BCUT2D eigenvalue weighted by molar-refractivity contribution is 5.11. The maximum absolute atomic E-state index is 2.48. The van der Waals surface area contributed by atoms with Crippen LogP contribution in [-0.2, 0) is 0 Å². The third kappa shape index (κ3) is 2.19. The van der Waals surface area contributed by atoms with E-state index in [0.717, 1.165) is 23.7 Å². The highest BCUT2D eigenvalue weighted by Gasteiger charge is 2.39. The van der Waals surface area contributed by atoms with Crippen molar-refractivity contribution in [3.63, 3.8) is 0 Å². The Morgan fingerprint density at radius 3 is 3.00 bits per heavy atom. The molecule has 0 radical (unpaired) electrons. The minimum Gasteiger partial charge on any atom is -0.0885 e. The minimum absolute atomic E-state index is 0.860. The number of hydrogen-bond donors (Lipinski definition) is 0. The molecule has 0 nitrogen and oxygen atoms in total. The van der Waals surface area contributed by atoms with E-state index >= 15 is 0 Å². The summed E-state index contributed by atoms with van der Waals surface area (Å²) in [4.78, 5) is 0. The van der Waals surface area contributed by atoms with Crippen molar-refractivity contribution in [2.45, 2.75) is 46.5 Å². The number of rotatable bonds is 2. The molecule has 0 aliphatic heterocycles. The van der Waals surface area contributed by atoms with Gasteiger partial charge in [0.05, 0.1) is 0 Å². The Kier molecular flexibility index (Phi) is 3.33. The summed E-state index contributed by atoms with van der Waals surface area (Å²) >= 11 is 0. The van der Waals surface area contributed by atoms with E-state index in [9.17, 15) is 0 Å². The summed E-state index contributed by atoms with van der Waals surface area (Å²) in [6, 6.07) is 0. The van der Waals surface area contributed by atoms with Crippen LogP contribution in [0.1, 0.15) is 46.5 Å². The molecule has 0 amide bonds. The molecule has 1 saturated carbocycles. The average molecular weight is 204 g/mol. The fourth-order valence-electron chi connectivity index (χ4n) is 3.48. The van der Waals surface area contributed by atoms with Crippen LogP contribution in [-0.4, -0.2) is 0 Å². The summed E-state index contributed by atoms with van der Waals surface area (Å²) in [6.07, 6.45) is 12.7. The van der Waals surface area contributed by atoms with Crippen molar-refractivity contribution in [1.29, 1.82) is 0 Å². The van der Waals surface area contributed by atoms with Gasteiger partial charge in [0.15, 0.2) is 0 Å². The monoisotopic (exact) mass is 204 g/mol. The van der Waals surface area contributed by atoms with Crippen molar-refractivity contribution in [3.05, 3.63) is 23.8 Å². The van der Waals surface area contributed by atoms with Gasteiger partial charge in [-0.2, -0.15) is 0 Å². The fraction of sp³-hybridized carbons (Fsp3) is 0.733. The SMILES string of the molecule is CCC=CC1CC2CC=C(C)CC2C1C. The van der Waals surface area contributed by atoms with Gasteiger partial charge in [-0.05, 0) is 56.3 Å². The number of allylic oxidation sites excluding steroid dienone is 4. The molecule has 0 N–H and O–H groups in total. The van der Waals surface area contributed by atoms with E-state index in [2.05, 4.69) is 39.0 Å². The molecule has 0 heterocycles. The van der Waals surface area contributed by atoms with Gasteiger partial charge in [0.1, 0.15) is 0 Å². The number of hydrogen-bond acceptors (Lipinski definition) is 0. The number of fused-ring (bicyclic) bond motifs is 1. The lowest BCUT2D eigenvalue weighted by molar-refractivity contribution is 0.303. The van der Waals surface area contributed by atoms with Gasteiger partial charge in [-0.25, -0.2) is 0 Å². The first kappa shape index (κ1) is 11.0. The molecular weight excluding hydrogens is 180 g/mol. The van der Waals surface area contributed by atoms with Crippen molar-refractivity contribution in [1.82, 2.24) is 0 Å². The molecule has 0 aromatic carbocycles. The van der Waals surface area contributed by atoms with E-state index in [1.54, 1.807) is 5.57 Å². The molecule has 4 atom stereocenters. The smallest absolute Gasteiger partial charge is 0.0202 e. The standard InChI is InChI=1S/C15H24/c1-4-5-6-13-10-14-8-7-11(2)9-15(14)12(13)3/h5-7,12-15H,4,8-10H2,1-3H3. The molecule has 0 heteroatoms. The fourth-order valence-corrected chi connectivity index (χ4v) is 3.48. The van der Waals surface area contributed by atoms with Crippen LogP contribution in [0.5, 0.6) is 0 Å². The lowest BCUT2D eigenvalue weighted by Crippen LogP contribution is -2.17. The van der Waals surface area contributed by atoms with Gasteiger partial charge in [-0.3, -0.25) is 0 Å². The molecule has 0 aromatic heterocycles. The maximum atomic E-state index is 2.48. The molecule has 2 aliphatic carbocycles. The van der Waals surface area contributed by atoms with E-state index < -0.39 is 0 Å². The second-order valence-electron chi connectivity index (χ2n) is 5.51. The van der Waals surface area contributed by atoms with Gasteiger partial charge < -0.3 is 0 Å². The Balaban J connectivity index is 2.04.